The van der Waals surface area contributed by atoms with Crippen LogP contribution < -0.4 is 0 Å². The Morgan fingerprint density at radius 1 is 0.889 bits per heavy atom. The van der Waals surface area contributed by atoms with Gasteiger partial charge in [-0.15, -0.1) is 0 Å². The smallest absolute Gasteiger partial charge is 0.0420 e. The van der Waals surface area contributed by atoms with Crippen molar-refractivity contribution in [2.24, 2.45) is 0 Å². The summed E-state index contributed by atoms with van der Waals surface area (Å²) in [5, 5.41) is 2.54. The number of nitrogens with zero attached hydrogens (tertiary/aromatic N) is 1. The average molecular weight is 235 g/mol. The molecule has 2 aromatic rings. The molecule has 0 saturated carbocycles. The van der Waals surface area contributed by atoms with Crippen LogP contribution in [0.3, 0.4) is 0 Å². The van der Waals surface area contributed by atoms with Gasteiger partial charge in [0.25, 0.3) is 0 Å². The Hall–Kier alpha value is -2.02. The molecule has 3 rings (SSSR count). The van der Waals surface area contributed by atoms with Crippen LogP contribution in [0.2, 0.25) is 0 Å². The maximum Gasteiger partial charge on any atom is 0.0420 e. The summed E-state index contributed by atoms with van der Waals surface area (Å²) in [6.07, 6.45) is 0. The summed E-state index contributed by atoms with van der Waals surface area (Å²) in [6.45, 7) is 12.9. The third-order valence-corrected chi connectivity index (χ3v) is 3.62. The van der Waals surface area contributed by atoms with Gasteiger partial charge in [0.05, 0.1) is 0 Å². The Bertz CT molecular complexity index is 614. The van der Waals surface area contributed by atoms with Crippen molar-refractivity contribution < 1.29 is 0 Å². The van der Waals surface area contributed by atoms with Crippen molar-refractivity contribution in [1.82, 2.24) is 4.90 Å². The van der Waals surface area contributed by atoms with Crippen molar-refractivity contribution in [3.63, 3.8) is 0 Å². The van der Waals surface area contributed by atoms with Gasteiger partial charge in [-0.25, -0.2) is 0 Å². The molecule has 1 aliphatic rings. The van der Waals surface area contributed by atoms with Gasteiger partial charge >= 0.3 is 0 Å². The van der Waals surface area contributed by atoms with E-state index >= 15 is 0 Å². The average Bonchev–Trinajstić information content (AvgIpc) is 2.35. The van der Waals surface area contributed by atoms with E-state index < -0.39 is 0 Å². The molecule has 1 heterocycles. The zero-order valence-corrected chi connectivity index (χ0v) is 10.9. The maximum absolute atomic E-state index is 4.26. The molecule has 0 bridgehead atoms. The molecule has 1 aliphatic heterocycles. The minimum atomic E-state index is 0.369. The number of hydrogen-bond donors (Lipinski definition) is 0. The molecule has 0 atom stereocenters. The van der Waals surface area contributed by atoms with Gasteiger partial charge in [-0.1, -0.05) is 49.6 Å². The van der Waals surface area contributed by atoms with Gasteiger partial charge in [-0.05, 0) is 19.2 Å². The predicted octanol–water partition coefficient (Wildman–Crippen LogP) is 4.51. The Morgan fingerprint density at radius 2 is 1.39 bits per heavy atom. The molecule has 0 aromatic heterocycles. The van der Waals surface area contributed by atoms with Crippen molar-refractivity contribution >= 4 is 22.2 Å². The molecule has 0 unspecified atom stereocenters. The molecule has 0 fully saturated rings. The van der Waals surface area contributed by atoms with Crippen LogP contribution in [-0.2, 0) is 0 Å². The standard InChI is InChI=1S/C17H17N/c1-11(2)18-12(3)15-9-5-7-14-8-6-10-16(13(18)4)17(14)15/h5-11H,3-4H2,1-2H3. The zero-order valence-electron chi connectivity index (χ0n) is 10.9. The summed E-state index contributed by atoms with van der Waals surface area (Å²) in [5.41, 5.74) is 4.56. The third kappa shape index (κ3) is 1.34. The molecular weight excluding hydrogens is 218 g/mol. The Kier molecular flexibility index (Phi) is 2.30. The topological polar surface area (TPSA) is 3.24 Å². The van der Waals surface area contributed by atoms with E-state index in [9.17, 15) is 0 Å². The van der Waals surface area contributed by atoms with Crippen molar-refractivity contribution in [3.05, 3.63) is 60.7 Å². The first-order valence-corrected chi connectivity index (χ1v) is 6.31. The van der Waals surface area contributed by atoms with Crippen LogP contribution in [0.4, 0.5) is 0 Å². The molecule has 0 saturated heterocycles. The third-order valence-electron chi connectivity index (χ3n) is 3.62. The first-order valence-electron chi connectivity index (χ1n) is 6.31. The minimum absolute atomic E-state index is 0.369. The van der Waals surface area contributed by atoms with Crippen molar-refractivity contribution in [1.29, 1.82) is 0 Å². The molecule has 1 nitrogen and oxygen atoms in total. The first-order chi connectivity index (χ1) is 8.61. The zero-order chi connectivity index (χ0) is 12.9. The lowest BCUT2D eigenvalue weighted by Crippen LogP contribution is -2.29. The van der Waals surface area contributed by atoms with Gasteiger partial charge in [0.1, 0.15) is 0 Å². The minimum Gasteiger partial charge on any atom is -0.339 e. The molecular formula is C17H17N. The van der Waals surface area contributed by atoms with Crippen LogP contribution in [-0.4, -0.2) is 10.9 Å². The highest BCUT2D eigenvalue weighted by Gasteiger charge is 2.25. The van der Waals surface area contributed by atoms with E-state index in [2.05, 4.69) is 68.3 Å². The summed E-state index contributed by atoms with van der Waals surface area (Å²) >= 11 is 0. The van der Waals surface area contributed by atoms with Crippen LogP contribution >= 0.6 is 0 Å². The van der Waals surface area contributed by atoms with Crippen LogP contribution in [0, 0.1) is 0 Å². The van der Waals surface area contributed by atoms with Crippen molar-refractivity contribution in [2.75, 3.05) is 0 Å². The van der Waals surface area contributed by atoms with Crippen LogP contribution in [0.1, 0.15) is 25.0 Å². The summed E-state index contributed by atoms with van der Waals surface area (Å²) in [7, 11) is 0. The molecule has 0 radical (unpaired) electrons. The van der Waals surface area contributed by atoms with Gasteiger partial charge in [-0.2, -0.15) is 0 Å². The molecule has 18 heavy (non-hydrogen) atoms. The molecule has 0 amide bonds. The fourth-order valence-electron chi connectivity index (χ4n) is 2.87. The van der Waals surface area contributed by atoms with Crippen LogP contribution in [0.5, 0.6) is 0 Å². The highest BCUT2D eigenvalue weighted by molar-refractivity contribution is 6.05. The van der Waals surface area contributed by atoms with E-state index in [4.69, 9.17) is 0 Å². The fraction of sp³-hybridized carbons (Fsp3) is 0.176. The normalized spacial score (nSPS) is 14.7. The Balaban J connectivity index is 2.39. The van der Waals surface area contributed by atoms with Crippen LogP contribution in [0.25, 0.3) is 22.2 Å². The van der Waals surface area contributed by atoms with E-state index in [1.165, 1.54) is 21.9 Å². The quantitative estimate of drug-likeness (QED) is 0.703. The van der Waals surface area contributed by atoms with Crippen LogP contribution in [0.15, 0.2) is 49.6 Å². The molecule has 0 spiro atoms. The van der Waals surface area contributed by atoms with Gasteiger partial charge in [0.15, 0.2) is 0 Å². The predicted molar refractivity (Wildman–Crippen MR) is 79.0 cm³/mol. The number of rotatable bonds is 1. The lowest BCUT2D eigenvalue weighted by molar-refractivity contribution is 0.458. The molecule has 1 heteroatoms. The van der Waals surface area contributed by atoms with E-state index in [0.29, 0.717) is 6.04 Å². The molecule has 90 valence electrons. The molecule has 0 aliphatic carbocycles. The maximum atomic E-state index is 4.26. The van der Waals surface area contributed by atoms with Gasteiger partial charge < -0.3 is 4.90 Å². The van der Waals surface area contributed by atoms with Gasteiger partial charge in [0, 0.05) is 33.9 Å². The highest BCUT2D eigenvalue weighted by Crippen LogP contribution is 2.41. The first kappa shape index (κ1) is 11.1. The second-order valence-corrected chi connectivity index (χ2v) is 5.07. The van der Waals surface area contributed by atoms with Gasteiger partial charge in [-0.3, -0.25) is 0 Å². The Morgan fingerprint density at radius 3 is 1.83 bits per heavy atom. The number of hydrogen-bond acceptors (Lipinski definition) is 1. The fourth-order valence-corrected chi connectivity index (χ4v) is 2.87. The van der Waals surface area contributed by atoms with E-state index in [1.807, 2.05) is 0 Å². The molecule has 0 N–H and O–H groups in total. The van der Waals surface area contributed by atoms with Crippen molar-refractivity contribution in [3.8, 4) is 0 Å². The summed E-state index contributed by atoms with van der Waals surface area (Å²) in [5.74, 6) is 0. The lowest BCUT2D eigenvalue weighted by atomic mass is 9.91. The SMILES string of the molecule is C=C1c2cccc3cccc(c23)C(=C)N1C(C)C. The molecule has 2 aromatic carbocycles. The summed E-state index contributed by atoms with van der Waals surface area (Å²) < 4.78 is 0. The highest BCUT2D eigenvalue weighted by atomic mass is 15.2. The summed E-state index contributed by atoms with van der Waals surface area (Å²) in [4.78, 5) is 2.22. The largest absolute Gasteiger partial charge is 0.339 e. The van der Waals surface area contributed by atoms with E-state index in [0.717, 1.165) is 11.4 Å². The lowest BCUT2D eigenvalue weighted by Gasteiger charge is -2.37. The van der Waals surface area contributed by atoms with Crippen molar-refractivity contribution in [2.45, 2.75) is 19.9 Å². The monoisotopic (exact) mass is 235 g/mol. The van der Waals surface area contributed by atoms with Gasteiger partial charge in [0.2, 0.25) is 0 Å². The Labute approximate surface area is 108 Å². The second kappa shape index (κ2) is 3.74. The summed E-state index contributed by atoms with van der Waals surface area (Å²) in [6, 6.07) is 13.2. The number of benzene rings is 2. The van der Waals surface area contributed by atoms with E-state index in [1.54, 1.807) is 0 Å². The van der Waals surface area contributed by atoms with E-state index in [-0.39, 0.29) is 0 Å². The second-order valence-electron chi connectivity index (χ2n) is 5.07.